The number of nitrogens with zero attached hydrogens (tertiary/aromatic N) is 1. The molecule has 1 heterocycles. The minimum absolute atomic E-state index is 0.0511. The number of halogens is 1. The minimum Gasteiger partial charge on any atom is -0.497 e. The Morgan fingerprint density at radius 2 is 1.70 bits per heavy atom. The zero-order valence-electron chi connectivity index (χ0n) is 16.5. The van der Waals surface area contributed by atoms with E-state index in [-0.39, 0.29) is 11.8 Å². The van der Waals surface area contributed by atoms with Crippen molar-refractivity contribution in [3.63, 3.8) is 0 Å². The summed E-state index contributed by atoms with van der Waals surface area (Å²) in [6.45, 7) is 1.01. The number of rotatable bonds is 5. The monoisotopic (exact) mass is 420 g/mol. The number of hydrogen-bond acceptors (Lipinski definition) is 3. The average Bonchev–Trinajstić information content (AvgIpc) is 3.21. The van der Waals surface area contributed by atoms with E-state index in [4.69, 9.17) is 16.3 Å². The van der Waals surface area contributed by atoms with Gasteiger partial charge in [-0.2, -0.15) is 0 Å². The van der Waals surface area contributed by atoms with Crippen molar-refractivity contribution < 1.29 is 14.3 Å². The van der Waals surface area contributed by atoms with Crippen molar-refractivity contribution in [2.45, 2.75) is 13.0 Å². The van der Waals surface area contributed by atoms with Crippen molar-refractivity contribution in [3.05, 3.63) is 94.0 Å². The Balaban J connectivity index is 1.46. The maximum Gasteiger partial charge on any atom is 0.258 e. The predicted molar refractivity (Wildman–Crippen MR) is 117 cm³/mol. The lowest BCUT2D eigenvalue weighted by atomic mass is 10.1. The summed E-state index contributed by atoms with van der Waals surface area (Å²) in [5, 5.41) is 3.53. The second-order valence-corrected chi connectivity index (χ2v) is 7.52. The van der Waals surface area contributed by atoms with Gasteiger partial charge in [-0.3, -0.25) is 9.59 Å². The van der Waals surface area contributed by atoms with E-state index in [2.05, 4.69) is 5.32 Å². The molecular formula is C24H21ClN2O3. The third-order valence-electron chi connectivity index (χ3n) is 5.19. The number of amides is 2. The molecule has 0 bridgehead atoms. The zero-order valence-corrected chi connectivity index (χ0v) is 17.3. The molecular weight excluding hydrogens is 400 g/mol. The normalized spacial score (nSPS) is 12.4. The Hall–Kier alpha value is -3.31. The van der Waals surface area contributed by atoms with Crippen LogP contribution >= 0.6 is 11.6 Å². The number of ether oxygens (including phenoxy) is 1. The van der Waals surface area contributed by atoms with Crippen molar-refractivity contribution in [1.82, 2.24) is 5.32 Å². The third kappa shape index (κ3) is 4.16. The summed E-state index contributed by atoms with van der Waals surface area (Å²) in [6.07, 6.45) is 0.813. The number of carbonyl (C=O) groups is 2. The van der Waals surface area contributed by atoms with Gasteiger partial charge < -0.3 is 15.0 Å². The van der Waals surface area contributed by atoms with E-state index in [1.807, 2.05) is 18.2 Å². The van der Waals surface area contributed by atoms with Crippen molar-refractivity contribution >= 4 is 29.1 Å². The number of benzene rings is 3. The first-order valence-electron chi connectivity index (χ1n) is 9.66. The van der Waals surface area contributed by atoms with Gasteiger partial charge >= 0.3 is 0 Å². The quantitative estimate of drug-likeness (QED) is 0.662. The van der Waals surface area contributed by atoms with Gasteiger partial charge in [-0.1, -0.05) is 23.7 Å². The van der Waals surface area contributed by atoms with Crippen LogP contribution in [0.2, 0.25) is 5.02 Å². The second kappa shape index (κ2) is 8.59. The van der Waals surface area contributed by atoms with Crippen molar-refractivity contribution in [1.29, 1.82) is 0 Å². The van der Waals surface area contributed by atoms with Crippen LogP contribution in [-0.2, 0) is 13.0 Å². The van der Waals surface area contributed by atoms with Crippen molar-refractivity contribution in [3.8, 4) is 5.75 Å². The SMILES string of the molecule is COc1ccc(C(=O)NCc2ccc3c(c2)N(C(=O)c2ccc(Cl)cc2)CC3)cc1. The third-order valence-corrected chi connectivity index (χ3v) is 5.44. The topological polar surface area (TPSA) is 58.6 Å². The molecule has 1 aliphatic heterocycles. The number of methoxy groups -OCH3 is 1. The summed E-state index contributed by atoms with van der Waals surface area (Å²) in [6, 6.07) is 19.9. The maximum atomic E-state index is 12.9. The molecule has 1 aliphatic rings. The molecule has 5 nitrogen and oxygen atoms in total. The first kappa shape index (κ1) is 20.0. The van der Waals surface area contributed by atoms with Gasteiger partial charge in [-0.15, -0.1) is 0 Å². The summed E-state index contributed by atoms with van der Waals surface area (Å²) in [5.41, 5.74) is 4.13. The summed E-state index contributed by atoms with van der Waals surface area (Å²) < 4.78 is 5.12. The van der Waals surface area contributed by atoms with Gasteiger partial charge in [0.2, 0.25) is 0 Å². The predicted octanol–water partition coefficient (Wildman–Crippen LogP) is 4.48. The Morgan fingerprint density at radius 1 is 1.00 bits per heavy atom. The van der Waals surface area contributed by atoms with E-state index < -0.39 is 0 Å². The molecule has 0 fully saturated rings. The van der Waals surface area contributed by atoms with Gasteiger partial charge in [0.1, 0.15) is 5.75 Å². The molecule has 3 aromatic carbocycles. The molecule has 0 radical (unpaired) electrons. The molecule has 0 saturated carbocycles. The first-order valence-corrected chi connectivity index (χ1v) is 10.0. The fourth-order valence-corrected chi connectivity index (χ4v) is 3.65. The van der Waals surface area contributed by atoms with E-state index in [1.54, 1.807) is 60.5 Å². The largest absolute Gasteiger partial charge is 0.497 e. The second-order valence-electron chi connectivity index (χ2n) is 7.09. The molecule has 30 heavy (non-hydrogen) atoms. The molecule has 1 N–H and O–H groups in total. The Morgan fingerprint density at radius 3 is 2.40 bits per heavy atom. The molecule has 152 valence electrons. The maximum absolute atomic E-state index is 12.9. The van der Waals surface area contributed by atoms with Gasteiger partial charge in [-0.25, -0.2) is 0 Å². The smallest absolute Gasteiger partial charge is 0.258 e. The number of carbonyl (C=O) groups excluding carboxylic acids is 2. The molecule has 0 spiro atoms. The summed E-state index contributed by atoms with van der Waals surface area (Å²) in [5.74, 6) is 0.493. The molecule has 0 aliphatic carbocycles. The van der Waals surface area contributed by atoms with E-state index >= 15 is 0 Å². The summed E-state index contributed by atoms with van der Waals surface area (Å²) >= 11 is 5.93. The number of fused-ring (bicyclic) bond motifs is 1. The van der Waals surface area contributed by atoms with Crippen LogP contribution in [0.1, 0.15) is 31.8 Å². The van der Waals surface area contributed by atoms with Crippen LogP contribution < -0.4 is 15.0 Å². The van der Waals surface area contributed by atoms with Gasteiger partial charge in [0.15, 0.2) is 0 Å². The van der Waals surface area contributed by atoms with Crippen LogP contribution in [0.25, 0.3) is 0 Å². The Labute approximate surface area is 180 Å². The molecule has 0 aromatic heterocycles. The van der Waals surface area contributed by atoms with E-state index in [0.29, 0.717) is 35.0 Å². The molecule has 2 amide bonds. The fourth-order valence-electron chi connectivity index (χ4n) is 3.52. The van der Waals surface area contributed by atoms with E-state index in [1.165, 1.54) is 0 Å². The van der Waals surface area contributed by atoms with Gasteiger partial charge in [0.05, 0.1) is 7.11 Å². The van der Waals surface area contributed by atoms with Crippen LogP contribution in [0.15, 0.2) is 66.7 Å². The molecule has 4 rings (SSSR count). The fraction of sp³-hybridized carbons (Fsp3) is 0.167. The van der Waals surface area contributed by atoms with E-state index in [0.717, 1.165) is 23.2 Å². The lowest BCUT2D eigenvalue weighted by molar-refractivity contribution is 0.0949. The van der Waals surface area contributed by atoms with Gasteiger partial charge in [0, 0.05) is 34.9 Å². The zero-order chi connectivity index (χ0) is 21.1. The molecule has 0 unspecified atom stereocenters. The first-order chi connectivity index (χ1) is 14.5. The van der Waals surface area contributed by atoms with Crippen LogP contribution in [0.5, 0.6) is 5.75 Å². The highest BCUT2D eigenvalue weighted by molar-refractivity contribution is 6.30. The molecule has 6 heteroatoms. The van der Waals surface area contributed by atoms with Crippen molar-refractivity contribution in [2.24, 2.45) is 0 Å². The highest BCUT2D eigenvalue weighted by Crippen LogP contribution is 2.30. The summed E-state index contributed by atoms with van der Waals surface area (Å²) in [7, 11) is 1.59. The number of anilines is 1. The molecule has 0 atom stereocenters. The number of hydrogen-bond donors (Lipinski definition) is 1. The van der Waals surface area contributed by atoms with Crippen LogP contribution in [0.4, 0.5) is 5.69 Å². The molecule has 0 saturated heterocycles. The lowest BCUT2D eigenvalue weighted by Gasteiger charge is -2.18. The highest BCUT2D eigenvalue weighted by Gasteiger charge is 2.25. The van der Waals surface area contributed by atoms with Crippen LogP contribution in [-0.4, -0.2) is 25.5 Å². The van der Waals surface area contributed by atoms with Crippen molar-refractivity contribution in [2.75, 3.05) is 18.6 Å². The van der Waals surface area contributed by atoms with Crippen LogP contribution in [0.3, 0.4) is 0 Å². The molecule has 3 aromatic rings. The summed E-state index contributed by atoms with van der Waals surface area (Å²) in [4.78, 5) is 27.1. The standard InChI is InChI=1S/C24H21ClN2O3/c1-30-21-10-6-18(7-11-21)23(28)26-15-16-2-3-17-12-13-27(22(17)14-16)24(29)19-4-8-20(25)9-5-19/h2-11,14H,12-13,15H2,1H3,(H,26,28). The lowest BCUT2D eigenvalue weighted by Crippen LogP contribution is -2.29. The minimum atomic E-state index is -0.160. The van der Waals surface area contributed by atoms with Gasteiger partial charge in [0.25, 0.3) is 11.8 Å². The van der Waals surface area contributed by atoms with Crippen LogP contribution in [0, 0.1) is 0 Å². The number of nitrogens with one attached hydrogen (secondary N) is 1. The van der Waals surface area contributed by atoms with E-state index in [9.17, 15) is 9.59 Å². The highest BCUT2D eigenvalue weighted by atomic mass is 35.5. The average molecular weight is 421 g/mol. The van der Waals surface area contributed by atoms with Gasteiger partial charge in [-0.05, 0) is 72.1 Å². The Kier molecular flexibility index (Phi) is 5.72. The Bertz CT molecular complexity index is 1080.